The van der Waals surface area contributed by atoms with Crippen molar-refractivity contribution in [2.45, 2.75) is 22.6 Å². The Hall–Kier alpha value is -0.660. The third-order valence-electron chi connectivity index (χ3n) is 3.25. The molecule has 0 atom stereocenters. The maximum Gasteiger partial charge on any atom is 0.244 e. The molecule has 1 aliphatic rings. The molecule has 1 fully saturated rings. The standard InChI is InChI=1S/C12H18BrN3O2S/c1-15(2)19(17,18)11-3-4-12(14-9-11)16-7-5-10(13)6-8-16/h3-4,9-10H,5-8H2,1-2H3. The highest BCUT2D eigenvalue weighted by atomic mass is 79.9. The first kappa shape index (κ1) is 14.7. The van der Waals surface area contributed by atoms with Crippen molar-refractivity contribution in [2.75, 3.05) is 32.1 Å². The number of alkyl halides is 1. The Kier molecular flexibility index (Phi) is 4.47. The molecule has 2 heterocycles. The second-order valence-electron chi connectivity index (χ2n) is 4.80. The Balaban J connectivity index is 2.15. The van der Waals surface area contributed by atoms with E-state index in [0.717, 1.165) is 31.7 Å². The van der Waals surface area contributed by atoms with Crippen LogP contribution in [0.15, 0.2) is 23.2 Å². The predicted molar refractivity (Wildman–Crippen MR) is 79.3 cm³/mol. The van der Waals surface area contributed by atoms with Crippen LogP contribution in [0.3, 0.4) is 0 Å². The van der Waals surface area contributed by atoms with Crippen LogP contribution in [0.25, 0.3) is 0 Å². The van der Waals surface area contributed by atoms with Gasteiger partial charge in [-0.15, -0.1) is 0 Å². The van der Waals surface area contributed by atoms with E-state index in [1.165, 1.54) is 24.6 Å². The Morgan fingerprint density at radius 1 is 1.32 bits per heavy atom. The average molecular weight is 348 g/mol. The molecule has 1 saturated heterocycles. The number of halogens is 1. The molecule has 5 nitrogen and oxygen atoms in total. The number of hydrogen-bond donors (Lipinski definition) is 0. The second-order valence-corrected chi connectivity index (χ2v) is 8.25. The van der Waals surface area contributed by atoms with Crippen LogP contribution < -0.4 is 4.90 Å². The van der Waals surface area contributed by atoms with E-state index in [0.29, 0.717) is 4.83 Å². The maximum absolute atomic E-state index is 11.9. The van der Waals surface area contributed by atoms with Crippen molar-refractivity contribution in [3.63, 3.8) is 0 Å². The number of aromatic nitrogens is 1. The van der Waals surface area contributed by atoms with E-state index < -0.39 is 10.0 Å². The summed E-state index contributed by atoms with van der Waals surface area (Å²) in [6.07, 6.45) is 3.60. The van der Waals surface area contributed by atoms with Gasteiger partial charge in [-0.05, 0) is 25.0 Å². The third-order valence-corrected chi connectivity index (χ3v) is 5.96. The van der Waals surface area contributed by atoms with Crippen molar-refractivity contribution < 1.29 is 8.42 Å². The van der Waals surface area contributed by atoms with Gasteiger partial charge in [0.2, 0.25) is 10.0 Å². The van der Waals surface area contributed by atoms with Gasteiger partial charge in [-0.1, -0.05) is 15.9 Å². The Labute approximate surface area is 122 Å². The van der Waals surface area contributed by atoms with Crippen LogP contribution in [-0.2, 0) is 10.0 Å². The highest BCUT2D eigenvalue weighted by molar-refractivity contribution is 9.09. The van der Waals surface area contributed by atoms with Gasteiger partial charge in [0.25, 0.3) is 0 Å². The van der Waals surface area contributed by atoms with Crippen molar-refractivity contribution in [1.82, 2.24) is 9.29 Å². The molecule has 0 amide bonds. The normalized spacial score (nSPS) is 18.0. The van der Waals surface area contributed by atoms with Gasteiger partial charge in [0, 0.05) is 38.2 Å². The van der Waals surface area contributed by atoms with Crippen LogP contribution in [0.4, 0.5) is 5.82 Å². The minimum absolute atomic E-state index is 0.233. The zero-order chi connectivity index (χ0) is 14.0. The first-order valence-electron chi connectivity index (χ1n) is 6.19. The molecule has 0 spiro atoms. The zero-order valence-corrected chi connectivity index (χ0v) is 13.5. The van der Waals surface area contributed by atoms with Gasteiger partial charge in [0.1, 0.15) is 10.7 Å². The molecule has 19 heavy (non-hydrogen) atoms. The summed E-state index contributed by atoms with van der Waals surface area (Å²) in [4.78, 5) is 7.28. The van der Waals surface area contributed by atoms with Crippen LogP contribution in [0.1, 0.15) is 12.8 Å². The molecule has 2 rings (SSSR count). The molecule has 0 aromatic carbocycles. The smallest absolute Gasteiger partial charge is 0.244 e. The van der Waals surface area contributed by atoms with Gasteiger partial charge < -0.3 is 4.90 Å². The molecule has 0 N–H and O–H groups in total. The minimum Gasteiger partial charge on any atom is -0.357 e. The van der Waals surface area contributed by atoms with E-state index in [2.05, 4.69) is 25.8 Å². The van der Waals surface area contributed by atoms with Crippen molar-refractivity contribution in [3.05, 3.63) is 18.3 Å². The first-order chi connectivity index (χ1) is 8.91. The largest absolute Gasteiger partial charge is 0.357 e. The van der Waals surface area contributed by atoms with E-state index in [4.69, 9.17) is 0 Å². The summed E-state index contributed by atoms with van der Waals surface area (Å²) in [6.45, 7) is 1.89. The highest BCUT2D eigenvalue weighted by Crippen LogP contribution is 2.23. The molecule has 1 aromatic rings. The molecule has 1 aromatic heterocycles. The Bertz CT molecular complexity index is 522. The van der Waals surface area contributed by atoms with Gasteiger partial charge in [-0.3, -0.25) is 0 Å². The van der Waals surface area contributed by atoms with Crippen LogP contribution in [0.5, 0.6) is 0 Å². The molecule has 7 heteroatoms. The van der Waals surface area contributed by atoms with Crippen LogP contribution >= 0.6 is 15.9 Å². The summed E-state index contributed by atoms with van der Waals surface area (Å²) in [7, 11) is -0.353. The number of piperidine rings is 1. The van der Waals surface area contributed by atoms with E-state index in [1.54, 1.807) is 12.1 Å². The van der Waals surface area contributed by atoms with Crippen molar-refractivity contribution >= 4 is 31.8 Å². The number of hydrogen-bond acceptors (Lipinski definition) is 4. The van der Waals surface area contributed by atoms with Crippen molar-refractivity contribution in [3.8, 4) is 0 Å². The summed E-state index contributed by atoms with van der Waals surface area (Å²) < 4.78 is 25.1. The quantitative estimate of drug-likeness (QED) is 0.781. The van der Waals surface area contributed by atoms with Gasteiger partial charge >= 0.3 is 0 Å². The minimum atomic E-state index is -3.39. The Morgan fingerprint density at radius 3 is 2.42 bits per heavy atom. The van der Waals surface area contributed by atoms with Gasteiger partial charge in [0.15, 0.2) is 0 Å². The molecule has 1 aliphatic heterocycles. The van der Waals surface area contributed by atoms with Gasteiger partial charge in [-0.25, -0.2) is 17.7 Å². The van der Waals surface area contributed by atoms with Crippen molar-refractivity contribution in [1.29, 1.82) is 0 Å². The fraction of sp³-hybridized carbons (Fsp3) is 0.583. The van der Waals surface area contributed by atoms with Crippen LogP contribution in [-0.4, -0.2) is 49.7 Å². The summed E-state index contributed by atoms with van der Waals surface area (Å²) in [5.41, 5.74) is 0. The van der Waals surface area contributed by atoms with Gasteiger partial charge in [0.05, 0.1) is 0 Å². The molecule has 0 radical (unpaired) electrons. The number of rotatable bonds is 3. The number of nitrogens with zero attached hydrogens (tertiary/aromatic N) is 3. The molecular formula is C12H18BrN3O2S. The lowest BCUT2D eigenvalue weighted by atomic mass is 10.1. The lowest BCUT2D eigenvalue weighted by Gasteiger charge is -2.30. The molecule has 0 aliphatic carbocycles. The molecule has 0 bridgehead atoms. The van der Waals surface area contributed by atoms with Crippen molar-refractivity contribution in [2.24, 2.45) is 0 Å². The summed E-state index contributed by atoms with van der Waals surface area (Å²) in [6, 6.07) is 3.41. The maximum atomic E-state index is 11.9. The number of sulfonamides is 1. The fourth-order valence-electron chi connectivity index (χ4n) is 2.00. The lowest BCUT2D eigenvalue weighted by Crippen LogP contribution is -2.34. The Morgan fingerprint density at radius 2 is 1.95 bits per heavy atom. The number of pyridine rings is 1. The van der Waals surface area contributed by atoms with E-state index >= 15 is 0 Å². The molecule has 0 saturated carbocycles. The van der Waals surface area contributed by atoms with E-state index in [9.17, 15) is 8.42 Å². The number of anilines is 1. The van der Waals surface area contributed by atoms with E-state index in [-0.39, 0.29) is 4.90 Å². The third kappa shape index (κ3) is 3.27. The van der Waals surface area contributed by atoms with Crippen LogP contribution in [0.2, 0.25) is 0 Å². The topological polar surface area (TPSA) is 53.5 Å². The fourth-order valence-corrected chi connectivity index (χ4v) is 3.26. The lowest BCUT2D eigenvalue weighted by molar-refractivity contribution is 0.520. The highest BCUT2D eigenvalue weighted by Gasteiger charge is 2.20. The SMILES string of the molecule is CN(C)S(=O)(=O)c1ccc(N2CCC(Br)CC2)nc1. The summed E-state index contributed by atoms with van der Waals surface area (Å²) >= 11 is 3.61. The van der Waals surface area contributed by atoms with Crippen LogP contribution in [0, 0.1) is 0 Å². The predicted octanol–water partition coefficient (Wildman–Crippen LogP) is 1.70. The molecule has 0 unspecified atom stereocenters. The van der Waals surface area contributed by atoms with E-state index in [1.807, 2.05) is 0 Å². The summed E-state index contributed by atoms with van der Waals surface area (Å²) in [5, 5.41) is 0. The molecular weight excluding hydrogens is 330 g/mol. The first-order valence-corrected chi connectivity index (χ1v) is 8.54. The second kappa shape index (κ2) is 5.76. The molecule has 106 valence electrons. The summed E-state index contributed by atoms with van der Waals surface area (Å²) in [5.74, 6) is 0.845. The monoisotopic (exact) mass is 347 g/mol. The van der Waals surface area contributed by atoms with Gasteiger partial charge in [-0.2, -0.15) is 0 Å². The zero-order valence-electron chi connectivity index (χ0n) is 11.1. The average Bonchev–Trinajstić information content (AvgIpc) is 2.39.